The van der Waals surface area contributed by atoms with Crippen molar-refractivity contribution in [2.45, 2.75) is 359 Å². The Labute approximate surface area is 568 Å². The van der Waals surface area contributed by atoms with Crippen molar-refractivity contribution in [1.82, 2.24) is 0 Å². The summed E-state index contributed by atoms with van der Waals surface area (Å²) >= 11 is 0. The van der Waals surface area contributed by atoms with Crippen molar-refractivity contribution in [2.75, 3.05) is 0 Å². The van der Waals surface area contributed by atoms with Gasteiger partial charge in [-0.15, -0.1) is 0 Å². The van der Waals surface area contributed by atoms with Gasteiger partial charge in [-0.25, -0.2) is 0 Å². The molecule has 0 saturated heterocycles. The lowest BCUT2D eigenvalue weighted by molar-refractivity contribution is 0.0182. The molecule has 0 nitrogen and oxygen atoms in total. The van der Waals surface area contributed by atoms with E-state index in [0.717, 1.165) is 213 Å². The zero-order valence-corrected chi connectivity index (χ0v) is 66.0. The third-order valence-electron chi connectivity index (χ3n) is 31.9. The minimum Gasteiger partial charge on any atom is -0.0625 e. The summed E-state index contributed by atoms with van der Waals surface area (Å²) in [4.78, 5) is 0. The van der Waals surface area contributed by atoms with E-state index in [-0.39, 0.29) is 0 Å². The maximum absolute atomic E-state index is 2.50. The average molecular weight is 1250 g/mol. The molecular formula is C90H168. The van der Waals surface area contributed by atoms with E-state index >= 15 is 0 Å². The fourth-order valence-corrected chi connectivity index (χ4v) is 26.1. The Morgan fingerprint density at radius 3 is 0.378 bits per heavy atom. The Morgan fingerprint density at radius 1 is 0.144 bits per heavy atom. The molecule has 12 aliphatic rings. The van der Waals surface area contributed by atoms with Crippen LogP contribution in [0.2, 0.25) is 0 Å². The number of hydrogen-bond acceptors (Lipinski definition) is 0. The Bertz CT molecular complexity index is 1570. The van der Waals surface area contributed by atoms with Crippen molar-refractivity contribution in [3.8, 4) is 0 Å². The van der Waals surface area contributed by atoms with Crippen LogP contribution in [0.1, 0.15) is 359 Å². The van der Waals surface area contributed by atoms with Crippen LogP contribution in [0.15, 0.2) is 0 Å². The minimum atomic E-state index is 0.912. The van der Waals surface area contributed by atoms with Gasteiger partial charge in [0.25, 0.3) is 0 Å². The summed E-state index contributed by atoms with van der Waals surface area (Å²) in [6, 6.07) is 0. The van der Waals surface area contributed by atoms with Gasteiger partial charge < -0.3 is 0 Å². The highest BCUT2D eigenvalue weighted by molar-refractivity contribution is 4.97. The van der Waals surface area contributed by atoms with Crippen molar-refractivity contribution >= 4 is 0 Å². The quantitative estimate of drug-likeness (QED) is 0.249. The molecule has 0 aromatic rings. The summed E-state index contributed by atoms with van der Waals surface area (Å²) in [6.45, 7) is 59.1. The van der Waals surface area contributed by atoms with Gasteiger partial charge in [-0.2, -0.15) is 0 Å². The fourth-order valence-electron chi connectivity index (χ4n) is 26.1. The van der Waals surface area contributed by atoms with Gasteiger partial charge in [0, 0.05) is 0 Å². The minimum absolute atomic E-state index is 0.912. The van der Waals surface area contributed by atoms with Crippen molar-refractivity contribution in [1.29, 1.82) is 0 Å². The predicted octanol–water partition coefficient (Wildman–Crippen LogP) is 28.4. The summed E-state index contributed by atoms with van der Waals surface area (Å²) in [5, 5.41) is 0. The van der Waals surface area contributed by atoms with Gasteiger partial charge in [0.15, 0.2) is 0 Å². The van der Waals surface area contributed by atoms with Crippen LogP contribution < -0.4 is 0 Å². The normalized spacial score (nSPS) is 46.6. The van der Waals surface area contributed by atoms with Crippen LogP contribution in [0.5, 0.6) is 0 Å². The SMILES string of the molecule is CC(C)[C@@H]1CC[C@@H](C)C2CC[C@@H](C)CC21.CC(C)[C@@H]1CC[C@@H](C)C2CC[C@H](C)CC21.CC1CC[C@@H]2C(C)CC[C@@H](C(C)C)[C@@H]2C1.CC1CC[C@@H]2C(C)CC[C@@H](C(C)C)[C@H]2C1.CC1CC[C@H]2C(C)CC[C@@H](C(C)C)[C@@H]2C1.CC1CC[C@H]2C(C)CC[C@@H](C(C)C)[C@H]2C1. The average Bonchev–Trinajstić information content (AvgIpc) is 3.66. The van der Waals surface area contributed by atoms with E-state index in [1.165, 1.54) is 193 Å². The Hall–Kier alpha value is 0. The lowest BCUT2D eigenvalue weighted by Gasteiger charge is -2.48. The molecule has 528 valence electrons. The summed E-state index contributed by atoms with van der Waals surface area (Å²) in [6.07, 6.45) is 45.3. The first-order valence-corrected chi connectivity index (χ1v) is 42.6. The summed E-state index contributed by atoms with van der Waals surface area (Å²) < 4.78 is 0. The number of rotatable bonds is 6. The van der Waals surface area contributed by atoms with Crippen LogP contribution in [0.25, 0.3) is 0 Å². The number of hydrogen-bond donors (Lipinski definition) is 0. The van der Waals surface area contributed by atoms with Crippen molar-refractivity contribution in [2.24, 2.45) is 213 Å². The van der Waals surface area contributed by atoms with Crippen molar-refractivity contribution in [3.63, 3.8) is 0 Å². The molecule has 90 heavy (non-hydrogen) atoms. The van der Waals surface area contributed by atoms with Gasteiger partial charge in [0.2, 0.25) is 0 Å². The van der Waals surface area contributed by atoms with Crippen LogP contribution in [0.3, 0.4) is 0 Å². The summed E-state index contributed by atoms with van der Waals surface area (Å²) in [5.41, 5.74) is 0. The van der Waals surface area contributed by atoms with E-state index in [4.69, 9.17) is 0 Å². The second kappa shape index (κ2) is 36.2. The van der Waals surface area contributed by atoms with Gasteiger partial charge in [-0.1, -0.05) is 243 Å². The largest absolute Gasteiger partial charge is 0.0625 e. The first-order valence-electron chi connectivity index (χ1n) is 42.6. The van der Waals surface area contributed by atoms with E-state index in [9.17, 15) is 0 Å². The van der Waals surface area contributed by atoms with E-state index in [2.05, 4.69) is 166 Å². The van der Waals surface area contributed by atoms with E-state index in [1.807, 2.05) is 0 Å². The second-order valence-corrected chi connectivity index (χ2v) is 40.3. The summed E-state index contributed by atoms with van der Waals surface area (Å²) in [7, 11) is 0. The molecule has 30 atom stereocenters. The highest BCUT2D eigenvalue weighted by Gasteiger charge is 2.47. The first kappa shape index (κ1) is 77.4. The second-order valence-electron chi connectivity index (χ2n) is 40.3. The molecule has 0 aromatic heterocycles. The highest BCUT2D eigenvalue weighted by atomic mass is 14.5. The Morgan fingerprint density at radius 2 is 0.267 bits per heavy atom. The maximum Gasteiger partial charge on any atom is -0.0350 e. The standard InChI is InChI=1S/6C15H28/c6*1-10(2)13-8-6-12(4)14-7-5-11(3)9-15(13)14/h6*10-15H,5-9H2,1-4H3/t11?,12?,13-,14+,15+;11?,12?,13-,14+,15-;11?,12?,13-,14-,15+;11?,12?,13-,14-,15-;11-,12+,13-,14?,15?;11-,12-,13+,14?,15?/m000001/s1. The molecule has 0 heteroatoms. The summed E-state index contributed by atoms with van der Waals surface area (Å²) in [5.74, 6) is 36.6. The van der Waals surface area contributed by atoms with Crippen LogP contribution in [-0.4, -0.2) is 0 Å². The lowest BCUT2D eigenvalue weighted by Crippen LogP contribution is -2.39. The monoisotopic (exact) mass is 1250 g/mol. The predicted molar refractivity (Wildman–Crippen MR) is 400 cm³/mol. The molecular weight excluding hydrogens is 1080 g/mol. The smallest absolute Gasteiger partial charge is 0.0350 e. The molecule has 12 aliphatic carbocycles. The van der Waals surface area contributed by atoms with Gasteiger partial charge in [0.05, 0.1) is 0 Å². The molecule has 0 N–H and O–H groups in total. The molecule has 0 aliphatic heterocycles. The Balaban J connectivity index is 0.000000154. The van der Waals surface area contributed by atoms with Crippen LogP contribution in [-0.2, 0) is 0 Å². The van der Waals surface area contributed by atoms with Gasteiger partial charge in [0.1, 0.15) is 0 Å². The molecule has 12 unspecified atom stereocenters. The number of fused-ring (bicyclic) bond motifs is 6. The van der Waals surface area contributed by atoms with Crippen LogP contribution in [0.4, 0.5) is 0 Å². The third kappa shape index (κ3) is 20.6. The Kier molecular flexibility index (Phi) is 31.1. The van der Waals surface area contributed by atoms with E-state index < -0.39 is 0 Å². The van der Waals surface area contributed by atoms with Crippen LogP contribution >= 0.6 is 0 Å². The topological polar surface area (TPSA) is 0 Å². The molecule has 0 bridgehead atoms. The molecule has 0 amide bonds. The van der Waals surface area contributed by atoms with E-state index in [1.54, 1.807) is 0 Å². The molecule has 12 rings (SSSR count). The zero-order valence-electron chi connectivity index (χ0n) is 66.0. The van der Waals surface area contributed by atoms with Crippen molar-refractivity contribution in [3.05, 3.63) is 0 Å². The molecule has 12 saturated carbocycles. The lowest BCUT2D eigenvalue weighted by atomic mass is 9.57. The molecule has 0 radical (unpaired) electrons. The first-order chi connectivity index (χ1) is 42.6. The van der Waals surface area contributed by atoms with E-state index in [0.29, 0.717) is 0 Å². The molecule has 12 fully saturated rings. The highest BCUT2D eigenvalue weighted by Crippen LogP contribution is 2.56. The van der Waals surface area contributed by atoms with Gasteiger partial charge in [-0.3, -0.25) is 0 Å². The third-order valence-corrected chi connectivity index (χ3v) is 31.9. The van der Waals surface area contributed by atoms with Gasteiger partial charge >= 0.3 is 0 Å². The molecule has 0 spiro atoms. The molecule has 0 aromatic carbocycles. The van der Waals surface area contributed by atoms with Crippen LogP contribution in [0, 0.1) is 213 Å². The fraction of sp³-hybridized carbons (Fsp3) is 1.00. The molecule has 0 heterocycles. The van der Waals surface area contributed by atoms with Gasteiger partial charge in [-0.05, 0) is 329 Å². The zero-order chi connectivity index (χ0) is 66.0. The van der Waals surface area contributed by atoms with Crippen molar-refractivity contribution < 1.29 is 0 Å². The maximum atomic E-state index is 2.50.